The number of anilines is 2. The molecule has 0 saturated carbocycles. The third kappa shape index (κ3) is 42.0. The van der Waals surface area contributed by atoms with Gasteiger partial charge in [0, 0.05) is 12.4 Å². The third-order valence-corrected chi connectivity index (χ3v) is 26.0. The van der Waals surface area contributed by atoms with Crippen molar-refractivity contribution in [2.24, 2.45) is 0 Å². The summed E-state index contributed by atoms with van der Waals surface area (Å²) in [6.07, 6.45) is 3.39. The number of aromatic nitrogens is 2. The zero-order chi connectivity index (χ0) is 77.1. The average Bonchev–Trinajstić information content (AvgIpc) is 0.917. The minimum atomic E-state index is -0.446. The summed E-state index contributed by atoms with van der Waals surface area (Å²) in [6.45, 7) is 11.6. The van der Waals surface area contributed by atoms with Crippen molar-refractivity contribution in [1.29, 1.82) is 0 Å². The van der Waals surface area contributed by atoms with Crippen LogP contribution < -0.4 is 108 Å². The first-order valence-electron chi connectivity index (χ1n) is 32.9. The Hall–Kier alpha value is -5.29. The van der Waals surface area contributed by atoms with Crippen molar-refractivity contribution in [3.63, 3.8) is 0 Å². The quantitative estimate of drug-likeness (QED) is 0.0332. The van der Waals surface area contributed by atoms with E-state index in [1.54, 1.807) is 12.4 Å². The molecule has 6 nitrogen and oxygen atoms in total. The Bertz CT molecular complexity index is 3610. The molecule has 12 aromatic carbocycles. The number of benzene rings is 12. The number of pyridine rings is 2. The second-order valence-electron chi connectivity index (χ2n) is 20.9. The Kier molecular flexibility index (Phi) is 64.4. The van der Waals surface area contributed by atoms with Crippen LogP contribution in [0.25, 0.3) is 0 Å². The molecule has 0 unspecified atom stereocenters. The molecule has 573 valence electrons. The summed E-state index contributed by atoms with van der Waals surface area (Å²) in [5.74, 6) is 1.51. The summed E-state index contributed by atoms with van der Waals surface area (Å²) in [7, 11) is 2.06. The molecule has 0 bridgehead atoms. The second-order valence-corrected chi connectivity index (χ2v) is 34.7. The van der Waals surface area contributed by atoms with Crippen LogP contribution in [-0.2, 0) is 48.9 Å². The zero-order valence-corrected chi connectivity index (χ0v) is 78.3. The van der Waals surface area contributed by atoms with Gasteiger partial charge in [0.15, 0.2) is 0 Å². The number of hydrogen-bond acceptors (Lipinski definition) is 4. The Morgan fingerprint density at radius 1 is 0.277 bits per heavy atom. The van der Waals surface area contributed by atoms with Crippen LogP contribution in [0.5, 0.6) is 0 Å². The minimum Gasteiger partial charge on any atom is -0.0622 e. The predicted octanol–water partition coefficient (Wildman–Crippen LogP) is 13.9. The fraction of sp³-hybridized carbons (Fsp3) is 0.0230. The number of halogens is 11. The van der Waals surface area contributed by atoms with Crippen molar-refractivity contribution < 1.29 is 103 Å². The maximum atomic E-state index is 7.50. The van der Waals surface area contributed by atoms with Gasteiger partial charge in [-0.2, -0.15) is 11.6 Å². The Morgan fingerprint density at radius 2 is 0.393 bits per heavy atom. The van der Waals surface area contributed by atoms with E-state index in [0.29, 0.717) is 0 Å². The summed E-state index contributed by atoms with van der Waals surface area (Å²) in [5.41, 5.74) is 0. The molecule has 1 fully saturated rings. The second kappa shape index (κ2) is 68.9. The molecule has 14 aromatic rings. The van der Waals surface area contributed by atoms with Crippen molar-refractivity contribution in [2.75, 3.05) is 21.1 Å². The third-order valence-electron chi connectivity index (χ3n) is 14.0. The van der Waals surface area contributed by atoms with E-state index >= 15 is 0 Å². The van der Waals surface area contributed by atoms with E-state index in [9.17, 15) is 0 Å². The SMILES string of the molecule is ClCCl.ClCCl.Cl[B-]Nc1ccccn1.Cl[B-]Nc1ccccn1.Cl[C-]1[Cl+][Cl+]1.[Br-].[Br-].[C-]#[O+].[C-]#[O+].[Os+2].[Os+].c1ccc(P(c2ccccc2)c2ccccc2)cc1.c1ccc(P(c2ccccc2)c2ccccc2)cc1.c1ccc(P(c2ccccc2)c2ccccc2)cc1.c1ccc(P(c2ccccc2)c2ccccc2)cc1. The molecule has 15 rings (SSSR count). The summed E-state index contributed by atoms with van der Waals surface area (Å²) in [6, 6.07) is 140. The van der Waals surface area contributed by atoms with Crippen molar-refractivity contribution in [2.45, 2.75) is 0 Å². The van der Waals surface area contributed by atoms with E-state index < -0.39 is 31.7 Å². The maximum absolute atomic E-state index is 7.50. The van der Waals surface area contributed by atoms with Gasteiger partial charge < -0.3 is 67.3 Å². The van der Waals surface area contributed by atoms with Crippen LogP contribution in [0.1, 0.15) is 0 Å². The Labute approximate surface area is 757 Å². The van der Waals surface area contributed by atoms with Crippen LogP contribution in [0, 0.1) is 37.7 Å². The van der Waals surface area contributed by atoms with E-state index in [1.165, 1.54) is 77.3 Å². The van der Waals surface area contributed by atoms with E-state index in [1.807, 2.05) is 56.5 Å². The molecular weight excluding hydrogens is 2140 g/mol. The van der Waals surface area contributed by atoms with Crippen molar-refractivity contribution in [3.05, 3.63) is 430 Å². The van der Waals surface area contributed by atoms with Gasteiger partial charge in [0.1, 0.15) is 0 Å². The number of alkyl halides is 4. The zero-order valence-electron chi connectivity index (χ0n) is 59.7. The van der Waals surface area contributed by atoms with Crippen LogP contribution in [0.3, 0.4) is 0 Å². The number of nitrogens with one attached hydrogen (secondary N) is 2. The fourth-order valence-corrected chi connectivity index (χ4v) is 19.5. The van der Waals surface area contributed by atoms with Gasteiger partial charge in [0.2, 0.25) is 0 Å². The number of hydrogen-bond donors (Lipinski definition) is 2. The van der Waals surface area contributed by atoms with E-state index in [-0.39, 0.29) is 84.2 Å². The average molecular weight is 2210 g/mol. The normalized spacial score (nSPS) is 9.92. The summed E-state index contributed by atoms with van der Waals surface area (Å²) in [4.78, 5) is 7.88. The molecule has 2 aromatic heterocycles. The first-order chi connectivity index (χ1) is 53.4. The molecule has 1 saturated heterocycles. The van der Waals surface area contributed by atoms with Crippen LogP contribution in [0.15, 0.2) is 413 Å². The van der Waals surface area contributed by atoms with Crippen LogP contribution >= 0.6 is 113 Å². The molecule has 3 heterocycles. The molecule has 0 atom stereocenters. The summed E-state index contributed by atoms with van der Waals surface area (Å²) < 4.78 is 15.9. The molecule has 5 radical (unpaired) electrons. The fourth-order valence-electron chi connectivity index (χ4n) is 9.74. The largest absolute Gasteiger partial charge is 2.00 e. The number of nitrogens with zero attached hydrogens (tertiary/aromatic N) is 2. The van der Waals surface area contributed by atoms with Gasteiger partial charge in [-0.15, -0.1) is 46.4 Å². The molecule has 25 heteroatoms. The van der Waals surface area contributed by atoms with Crippen LogP contribution in [0.2, 0.25) is 0 Å². The van der Waals surface area contributed by atoms with Gasteiger partial charge in [-0.25, -0.2) is 9.97 Å². The maximum Gasteiger partial charge on any atom is 2.00 e. The summed E-state index contributed by atoms with van der Waals surface area (Å²) >= 11 is 34.8. The molecule has 0 spiro atoms. The van der Waals surface area contributed by atoms with Crippen LogP contribution in [0.4, 0.5) is 11.6 Å². The Balaban J connectivity index is 0.000000655. The molecule has 2 N–H and O–H groups in total. The van der Waals surface area contributed by atoms with Crippen LogP contribution in [-0.4, -0.2) is 34.3 Å². The molecular formula is C87H74B2Br2Cl9N4O2Os2P4. The van der Waals surface area contributed by atoms with Gasteiger partial charge in [-0.05, 0) is 120 Å². The topological polar surface area (TPSA) is 89.6 Å². The first-order valence-corrected chi connectivity index (χ1v) is 43.5. The smallest absolute Gasteiger partial charge is 0.0622 e. The van der Waals surface area contributed by atoms with Gasteiger partial charge in [0.25, 0.3) is 0 Å². The summed E-state index contributed by atoms with van der Waals surface area (Å²) in [5, 5.41) is 22.6. The molecule has 0 aliphatic carbocycles. The van der Waals surface area contributed by atoms with E-state index in [2.05, 4.69) is 398 Å². The molecule has 1 aliphatic rings. The number of rotatable bonds is 16. The standard InChI is InChI=1S/4C18H15P.2C5H5BClN2.CCl3.2CH2Cl2.2CO.2BrH.2Os/c4*1-4-10-16(11-5-1)19(17-12-6-2-7-13-17)18-14-8-3-9-15-18;2*7-6-9-5-3-1-2-4-8-5;2-1-3-4-1;2*2-1-3;2*1-2;;;;/h4*1-15H;2*1-4H,(H,8,9);;2*1H2;;;2*1H;;/q;;;;2*-1;+1;;;;;;;+1;+2/p-2. The van der Waals surface area contributed by atoms with Crippen molar-refractivity contribution >= 4 is 202 Å². The van der Waals surface area contributed by atoms with Gasteiger partial charge >= 0.3 is 86.6 Å². The van der Waals surface area contributed by atoms with Gasteiger partial charge in [-0.3, -0.25) is 0 Å². The van der Waals surface area contributed by atoms with E-state index in [4.69, 9.17) is 90.2 Å². The van der Waals surface area contributed by atoms with Gasteiger partial charge in [-0.1, -0.05) is 390 Å². The van der Waals surface area contributed by atoms with E-state index in [0.717, 1.165) is 15.9 Å². The molecule has 1 aliphatic heterocycles. The van der Waals surface area contributed by atoms with Crippen molar-refractivity contribution in [1.82, 2.24) is 9.97 Å². The first kappa shape index (κ1) is 105. The monoisotopic (exact) mass is 2210 g/mol. The molecule has 0 amide bonds. The Morgan fingerprint density at radius 3 is 0.482 bits per heavy atom. The van der Waals surface area contributed by atoms with Crippen molar-refractivity contribution in [3.8, 4) is 0 Å². The molecule has 112 heavy (non-hydrogen) atoms. The predicted molar refractivity (Wildman–Crippen MR) is 470 cm³/mol. The minimum absolute atomic E-state index is 0. The van der Waals surface area contributed by atoms with Gasteiger partial charge in [0.05, 0.1) is 22.3 Å².